The maximum Gasteiger partial charge on any atom is 0.260 e. The fraction of sp³-hybridized carbons (Fsp3) is 0.438. The van der Waals surface area contributed by atoms with E-state index in [1.807, 2.05) is 38.2 Å². The van der Waals surface area contributed by atoms with Gasteiger partial charge in [0.25, 0.3) is 5.89 Å². The molecule has 0 saturated carbocycles. The molecular weight excluding hydrogens is 280 g/mol. The smallest absolute Gasteiger partial charge is 0.260 e. The van der Waals surface area contributed by atoms with E-state index in [2.05, 4.69) is 22.4 Å². The number of nitrogens with one attached hydrogen (secondary N) is 1. The average molecular weight is 302 g/mol. The van der Waals surface area contributed by atoms with Crippen molar-refractivity contribution in [2.24, 2.45) is 0 Å². The predicted octanol–water partition coefficient (Wildman–Crippen LogP) is 2.26. The standard InChI is InChI=1S/C16H22N4O2/c1-5-15(21)20(4)13-9-7-6-8-12(13)16-18-14(19-22-16)10-11(2)17-3/h6-9,11,17H,5,10H2,1-4H3. The van der Waals surface area contributed by atoms with Gasteiger partial charge in [0.15, 0.2) is 5.82 Å². The van der Waals surface area contributed by atoms with Gasteiger partial charge in [-0.3, -0.25) is 4.79 Å². The maximum atomic E-state index is 11.9. The molecule has 2 rings (SSSR count). The Labute approximate surface area is 130 Å². The van der Waals surface area contributed by atoms with E-state index in [1.54, 1.807) is 11.9 Å². The summed E-state index contributed by atoms with van der Waals surface area (Å²) in [6, 6.07) is 7.81. The van der Waals surface area contributed by atoms with E-state index in [9.17, 15) is 4.79 Å². The molecular formula is C16H22N4O2. The third kappa shape index (κ3) is 3.51. The second-order valence-corrected chi connectivity index (χ2v) is 5.23. The van der Waals surface area contributed by atoms with Gasteiger partial charge in [0.2, 0.25) is 5.91 Å². The molecule has 1 heterocycles. The zero-order valence-corrected chi connectivity index (χ0v) is 13.5. The Balaban J connectivity index is 2.31. The number of amides is 1. The van der Waals surface area contributed by atoms with Crippen LogP contribution in [0.3, 0.4) is 0 Å². The Hall–Kier alpha value is -2.21. The van der Waals surface area contributed by atoms with Gasteiger partial charge in [0.05, 0.1) is 11.3 Å². The highest BCUT2D eigenvalue weighted by Gasteiger charge is 2.18. The average Bonchev–Trinajstić information content (AvgIpc) is 3.01. The van der Waals surface area contributed by atoms with E-state index >= 15 is 0 Å². The molecule has 0 aliphatic carbocycles. The molecule has 1 aromatic carbocycles. The number of benzene rings is 1. The summed E-state index contributed by atoms with van der Waals surface area (Å²) in [4.78, 5) is 18.0. The topological polar surface area (TPSA) is 71.3 Å². The van der Waals surface area contributed by atoms with Gasteiger partial charge in [-0.05, 0) is 26.1 Å². The van der Waals surface area contributed by atoms with E-state index in [1.165, 1.54) is 0 Å². The molecule has 118 valence electrons. The number of rotatable bonds is 6. The minimum absolute atomic E-state index is 0.0380. The molecule has 6 heteroatoms. The van der Waals surface area contributed by atoms with Gasteiger partial charge < -0.3 is 14.7 Å². The van der Waals surface area contributed by atoms with Crippen LogP contribution in [-0.4, -0.2) is 36.2 Å². The first-order valence-corrected chi connectivity index (χ1v) is 7.42. The molecule has 0 bridgehead atoms. The van der Waals surface area contributed by atoms with Crippen LogP contribution in [0.2, 0.25) is 0 Å². The second-order valence-electron chi connectivity index (χ2n) is 5.23. The number of aromatic nitrogens is 2. The van der Waals surface area contributed by atoms with Crippen molar-refractivity contribution < 1.29 is 9.32 Å². The number of nitrogens with zero attached hydrogens (tertiary/aromatic N) is 3. The third-order valence-corrected chi connectivity index (χ3v) is 3.62. The minimum Gasteiger partial charge on any atom is -0.334 e. The molecule has 1 N–H and O–H groups in total. The summed E-state index contributed by atoms with van der Waals surface area (Å²) in [5.41, 5.74) is 1.54. The van der Waals surface area contributed by atoms with Crippen molar-refractivity contribution in [3.05, 3.63) is 30.1 Å². The van der Waals surface area contributed by atoms with Gasteiger partial charge in [-0.2, -0.15) is 4.98 Å². The molecule has 1 amide bonds. The van der Waals surface area contributed by atoms with Crippen molar-refractivity contribution in [3.8, 4) is 11.5 Å². The zero-order valence-electron chi connectivity index (χ0n) is 13.5. The molecule has 2 aromatic rings. The Bertz CT molecular complexity index is 639. The van der Waals surface area contributed by atoms with Crippen LogP contribution in [0.1, 0.15) is 26.1 Å². The van der Waals surface area contributed by atoms with Crippen LogP contribution < -0.4 is 10.2 Å². The third-order valence-electron chi connectivity index (χ3n) is 3.62. The Morgan fingerprint density at radius 2 is 2.14 bits per heavy atom. The summed E-state index contributed by atoms with van der Waals surface area (Å²) in [6.45, 7) is 3.89. The van der Waals surface area contributed by atoms with Crippen LogP contribution in [-0.2, 0) is 11.2 Å². The highest BCUT2D eigenvalue weighted by atomic mass is 16.5. The highest BCUT2D eigenvalue weighted by Crippen LogP contribution is 2.29. The van der Waals surface area contributed by atoms with Crippen LogP contribution in [0.4, 0.5) is 5.69 Å². The van der Waals surface area contributed by atoms with Gasteiger partial charge >= 0.3 is 0 Å². The number of para-hydroxylation sites is 1. The quantitative estimate of drug-likeness (QED) is 0.886. The Kier molecular flexibility index (Phi) is 5.27. The molecule has 22 heavy (non-hydrogen) atoms. The van der Waals surface area contributed by atoms with E-state index in [0.717, 1.165) is 11.3 Å². The van der Waals surface area contributed by atoms with Crippen molar-refractivity contribution >= 4 is 11.6 Å². The number of carbonyl (C=O) groups is 1. The van der Waals surface area contributed by atoms with Crippen LogP contribution in [0.15, 0.2) is 28.8 Å². The number of carbonyl (C=O) groups excluding carboxylic acids is 1. The molecule has 0 saturated heterocycles. The molecule has 0 fully saturated rings. The summed E-state index contributed by atoms with van der Waals surface area (Å²) < 4.78 is 5.37. The van der Waals surface area contributed by atoms with E-state index in [0.29, 0.717) is 24.6 Å². The molecule has 1 aromatic heterocycles. The molecule has 1 atom stereocenters. The van der Waals surface area contributed by atoms with Crippen LogP contribution in [0.25, 0.3) is 11.5 Å². The molecule has 0 radical (unpaired) electrons. The van der Waals surface area contributed by atoms with Crippen molar-refractivity contribution in [1.29, 1.82) is 0 Å². The number of hydrogen-bond acceptors (Lipinski definition) is 5. The molecule has 0 aliphatic heterocycles. The molecule has 1 unspecified atom stereocenters. The molecule has 6 nitrogen and oxygen atoms in total. The lowest BCUT2D eigenvalue weighted by molar-refractivity contribution is -0.118. The lowest BCUT2D eigenvalue weighted by atomic mass is 10.1. The van der Waals surface area contributed by atoms with Gasteiger partial charge in [0, 0.05) is 25.9 Å². The van der Waals surface area contributed by atoms with E-state index in [-0.39, 0.29) is 11.9 Å². The normalized spacial score (nSPS) is 12.2. The van der Waals surface area contributed by atoms with Gasteiger partial charge in [-0.25, -0.2) is 0 Å². The first-order chi connectivity index (χ1) is 10.6. The summed E-state index contributed by atoms with van der Waals surface area (Å²) >= 11 is 0. The fourth-order valence-electron chi connectivity index (χ4n) is 2.14. The minimum atomic E-state index is 0.0380. The Morgan fingerprint density at radius 3 is 2.82 bits per heavy atom. The number of likely N-dealkylation sites (N-methyl/N-ethyl adjacent to an activating group) is 1. The molecule has 0 aliphatic rings. The van der Waals surface area contributed by atoms with Crippen LogP contribution in [0.5, 0.6) is 0 Å². The summed E-state index contributed by atoms with van der Waals surface area (Å²) in [6.07, 6.45) is 1.13. The maximum absolute atomic E-state index is 11.9. The lowest BCUT2D eigenvalue weighted by Gasteiger charge is -2.18. The zero-order chi connectivity index (χ0) is 16.1. The first-order valence-electron chi connectivity index (χ1n) is 7.42. The van der Waals surface area contributed by atoms with E-state index < -0.39 is 0 Å². The largest absolute Gasteiger partial charge is 0.334 e. The van der Waals surface area contributed by atoms with Gasteiger partial charge in [-0.1, -0.05) is 24.2 Å². The van der Waals surface area contributed by atoms with Crippen LogP contribution >= 0.6 is 0 Å². The number of anilines is 1. The highest BCUT2D eigenvalue weighted by molar-refractivity contribution is 5.96. The van der Waals surface area contributed by atoms with E-state index in [4.69, 9.17) is 4.52 Å². The first kappa shape index (κ1) is 16.2. The van der Waals surface area contributed by atoms with Gasteiger partial charge in [0.1, 0.15) is 0 Å². The predicted molar refractivity (Wildman–Crippen MR) is 85.7 cm³/mol. The van der Waals surface area contributed by atoms with Crippen molar-refractivity contribution in [2.75, 3.05) is 19.0 Å². The number of hydrogen-bond donors (Lipinski definition) is 1. The fourth-order valence-corrected chi connectivity index (χ4v) is 2.14. The SMILES string of the molecule is CCC(=O)N(C)c1ccccc1-c1nc(CC(C)NC)no1. The monoisotopic (exact) mass is 302 g/mol. The summed E-state index contributed by atoms with van der Waals surface area (Å²) in [7, 11) is 3.65. The van der Waals surface area contributed by atoms with Crippen molar-refractivity contribution in [3.63, 3.8) is 0 Å². The van der Waals surface area contributed by atoms with Gasteiger partial charge in [-0.15, -0.1) is 0 Å². The van der Waals surface area contributed by atoms with Crippen molar-refractivity contribution in [1.82, 2.24) is 15.5 Å². The van der Waals surface area contributed by atoms with Crippen molar-refractivity contribution in [2.45, 2.75) is 32.7 Å². The second kappa shape index (κ2) is 7.17. The summed E-state index contributed by atoms with van der Waals surface area (Å²) in [5, 5.41) is 7.16. The Morgan fingerprint density at radius 1 is 1.41 bits per heavy atom. The van der Waals surface area contributed by atoms with Crippen LogP contribution in [0, 0.1) is 0 Å². The lowest BCUT2D eigenvalue weighted by Crippen LogP contribution is -2.25. The molecule has 0 spiro atoms. The summed E-state index contributed by atoms with van der Waals surface area (Å²) in [5.74, 6) is 1.12.